The molecule has 0 aromatic carbocycles. The second-order valence-electron chi connectivity index (χ2n) is 6.17. The molecule has 0 saturated heterocycles. The van der Waals surface area contributed by atoms with E-state index in [1.54, 1.807) is 13.0 Å². The minimum atomic E-state index is -1.06. The molecule has 0 bridgehead atoms. The van der Waals surface area contributed by atoms with E-state index in [1.807, 2.05) is 13.0 Å². The van der Waals surface area contributed by atoms with Crippen molar-refractivity contribution in [1.29, 1.82) is 0 Å². The summed E-state index contributed by atoms with van der Waals surface area (Å²) in [7, 11) is 0. The largest absolute Gasteiger partial charge is 0.393 e. The third kappa shape index (κ3) is 2.06. The lowest BCUT2D eigenvalue weighted by molar-refractivity contribution is -0.111. The van der Waals surface area contributed by atoms with E-state index in [9.17, 15) is 15.0 Å². The van der Waals surface area contributed by atoms with Gasteiger partial charge in [-0.15, -0.1) is 0 Å². The van der Waals surface area contributed by atoms with Gasteiger partial charge in [0.2, 0.25) is 0 Å². The van der Waals surface area contributed by atoms with Crippen LogP contribution in [0, 0.1) is 11.3 Å². The van der Waals surface area contributed by atoms with Crippen molar-refractivity contribution in [3.8, 4) is 0 Å². The predicted molar refractivity (Wildman–Crippen MR) is 70.0 cm³/mol. The van der Waals surface area contributed by atoms with Crippen molar-refractivity contribution in [3.05, 3.63) is 23.3 Å². The molecule has 18 heavy (non-hydrogen) atoms. The van der Waals surface area contributed by atoms with Gasteiger partial charge >= 0.3 is 0 Å². The SMILES string of the molecule is CC1=C2C[C@@H]([C@@](C)(O)CO)CC[C@]2(C)C=CC1=O. The average molecular weight is 250 g/mol. The smallest absolute Gasteiger partial charge is 0.181 e. The molecule has 0 aliphatic heterocycles. The highest BCUT2D eigenvalue weighted by Gasteiger charge is 2.43. The molecule has 0 aromatic heterocycles. The van der Waals surface area contributed by atoms with Crippen LogP contribution in [0.15, 0.2) is 23.3 Å². The Bertz CT molecular complexity index is 431. The topological polar surface area (TPSA) is 57.5 Å². The minimum absolute atomic E-state index is 0.0276. The van der Waals surface area contributed by atoms with Crippen LogP contribution in [0.4, 0.5) is 0 Å². The zero-order valence-electron chi connectivity index (χ0n) is 11.4. The number of ketones is 1. The molecule has 0 spiro atoms. The van der Waals surface area contributed by atoms with E-state index in [2.05, 4.69) is 6.92 Å². The minimum Gasteiger partial charge on any atom is -0.393 e. The molecule has 3 nitrogen and oxygen atoms in total. The second-order valence-corrected chi connectivity index (χ2v) is 6.17. The number of rotatable bonds is 2. The fraction of sp³-hybridized carbons (Fsp3) is 0.667. The fourth-order valence-corrected chi connectivity index (χ4v) is 3.17. The van der Waals surface area contributed by atoms with Gasteiger partial charge in [0, 0.05) is 5.41 Å². The summed E-state index contributed by atoms with van der Waals surface area (Å²) >= 11 is 0. The Kier molecular flexibility index (Phi) is 3.24. The maximum atomic E-state index is 11.8. The second kappa shape index (κ2) is 4.32. The molecule has 0 heterocycles. The Morgan fingerprint density at radius 1 is 1.56 bits per heavy atom. The summed E-state index contributed by atoms with van der Waals surface area (Å²) in [6, 6.07) is 0. The Labute approximate surface area is 108 Å². The van der Waals surface area contributed by atoms with Crippen molar-refractivity contribution in [2.45, 2.75) is 45.6 Å². The molecule has 0 unspecified atom stereocenters. The van der Waals surface area contributed by atoms with Gasteiger partial charge in [-0.2, -0.15) is 0 Å². The third-order valence-corrected chi connectivity index (χ3v) is 4.78. The van der Waals surface area contributed by atoms with Crippen molar-refractivity contribution in [2.75, 3.05) is 6.61 Å². The van der Waals surface area contributed by atoms with Crippen LogP contribution in [0.1, 0.15) is 40.0 Å². The van der Waals surface area contributed by atoms with Gasteiger partial charge in [0.25, 0.3) is 0 Å². The maximum absolute atomic E-state index is 11.8. The molecular weight excluding hydrogens is 228 g/mol. The van der Waals surface area contributed by atoms with Gasteiger partial charge in [0.1, 0.15) is 0 Å². The number of fused-ring (bicyclic) bond motifs is 1. The molecule has 1 saturated carbocycles. The highest BCUT2D eigenvalue weighted by atomic mass is 16.3. The summed E-state index contributed by atoms with van der Waals surface area (Å²) in [6.45, 7) is 5.47. The van der Waals surface area contributed by atoms with Crippen LogP contribution in [-0.2, 0) is 4.79 Å². The maximum Gasteiger partial charge on any atom is 0.181 e. The third-order valence-electron chi connectivity index (χ3n) is 4.78. The van der Waals surface area contributed by atoms with Gasteiger partial charge in [0.05, 0.1) is 12.2 Å². The van der Waals surface area contributed by atoms with E-state index in [4.69, 9.17) is 0 Å². The van der Waals surface area contributed by atoms with Crippen LogP contribution in [0.3, 0.4) is 0 Å². The zero-order valence-corrected chi connectivity index (χ0v) is 11.4. The quantitative estimate of drug-likeness (QED) is 0.788. The summed E-state index contributed by atoms with van der Waals surface area (Å²) in [5, 5.41) is 19.5. The van der Waals surface area contributed by atoms with Crippen molar-refractivity contribution < 1.29 is 15.0 Å². The van der Waals surface area contributed by atoms with Crippen LogP contribution in [-0.4, -0.2) is 28.2 Å². The summed E-state index contributed by atoms with van der Waals surface area (Å²) < 4.78 is 0. The number of hydrogen-bond acceptors (Lipinski definition) is 3. The Hall–Kier alpha value is -0.930. The summed E-state index contributed by atoms with van der Waals surface area (Å²) in [5.74, 6) is 0.103. The van der Waals surface area contributed by atoms with E-state index < -0.39 is 5.60 Å². The first kappa shape index (κ1) is 13.5. The van der Waals surface area contributed by atoms with Gasteiger partial charge in [-0.25, -0.2) is 0 Å². The van der Waals surface area contributed by atoms with E-state index in [0.29, 0.717) is 6.42 Å². The van der Waals surface area contributed by atoms with Gasteiger partial charge in [-0.3, -0.25) is 4.79 Å². The molecule has 2 aliphatic carbocycles. The molecule has 0 radical (unpaired) electrons. The van der Waals surface area contributed by atoms with E-state index >= 15 is 0 Å². The highest BCUT2D eigenvalue weighted by molar-refractivity contribution is 6.05. The lowest BCUT2D eigenvalue weighted by Crippen LogP contribution is -2.43. The van der Waals surface area contributed by atoms with Crippen LogP contribution >= 0.6 is 0 Å². The molecule has 2 N–H and O–H groups in total. The van der Waals surface area contributed by atoms with E-state index in [-0.39, 0.29) is 23.7 Å². The molecule has 2 aliphatic rings. The van der Waals surface area contributed by atoms with E-state index in [1.165, 1.54) is 0 Å². The average Bonchev–Trinajstić information content (AvgIpc) is 2.34. The van der Waals surface area contributed by atoms with Gasteiger partial charge in [-0.05, 0) is 50.7 Å². The summed E-state index contributed by atoms with van der Waals surface area (Å²) in [4.78, 5) is 11.8. The van der Waals surface area contributed by atoms with Crippen molar-refractivity contribution in [2.24, 2.45) is 11.3 Å². The predicted octanol–water partition coefficient (Wildman–Crippen LogP) is 1.99. The number of carbonyl (C=O) groups excluding carboxylic acids is 1. The fourth-order valence-electron chi connectivity index (χ4n) is 3.17. The summed E-state index contributed by atoms with van der Waals surface area (Å²) in [5.41, 5.74) is 0.859. The first-order valence-corrected chi connectivity index (χ1v) is 6.57. The van der Waals surface area contributed by atoms with Crippen LogP contribution in [0.2, 0.25) is 0 Å². The van der Waals surface area contributed by atoms with Crippen molar-refractivity contribution >= 4 is 5.78 Å². The number of aliphatic hydroxyl groups is 2. The summed E-state index contributed by atoms with van der Waals surface area (Å²) in [6.07, 6.45) is 6.17. The molecule has 0 amide bonds. The van der Waals surface area contributed by atoms with Gasteiger partial charge in [0.15, 0.2) is 5.78 Å². The molecular formula is C15H22O3. The monoisotopic (exact) mass is 250 g/mol. The molecule has 0 aromatic rings. The number of hydrogen-bond donors (Lipinski definition) is 2. The molecule has 3 atom stereocenters. The Morgan fingerprint density at radius 2 is 2.22 bits per heavy atom. The zero-order chi connectivity index (χ0) is 13.6. The van der Waals surface area contributed by atoms with Crippen LogP contribution in [0.25, 0.3) is 0 Å². The molecule has 100 valence electrons. The number of aliphatic hydroxyl groups excluding tert-OH is 1. The van der Waals surface area contributed by atoms with Gasteiger partial charge in [-0.1, -0.05) is 18.6 Å². The lowest BCUT2D eigenvalue weighted by atomic mass is 9.61. The Balaban J connectivity index is 2.32. The van der Waals surface area contributed by atoms with Gasteiger partial charge < -0.3 is 10.2 Å². The highest BCUT2D eigenvalue weighted by Crippen LogP contribution is 2.49. The van der Waals surface area contributed by atoms with Crippen LogP contribution < -0.4 is 0 Å². The van der Waals surface area contributed by atoms with Crippen molar-refractivity contribution in [3.63, 3.8) is 0 Å². The number of carbonyl (C=O) groups is 1. The normalized spacial score (nSPS) is 35.4. The molecule has 2 rings (SSSR count). The van der Waals surface area contributed by atoms with Crippen molar-refractivity contribution in [1.82, 2.24) is 0 Å². The number of allylic oxidation sites excluding steroid dienone is 4. The molecule has 1 fully saturated rings. The molecule has 3 heteroatoms. The first-order valence-electron chi connectivity index (χ1n) is 6.57. The standard InChI is InChI=1S/C15H22O3/c1-10-12-8-11(15(3,18)9-16)4-6-14(12,2)7-5-13(10)17/h5,7,11,16,18H,4,6,8-9H2,1-3H3/t11-,14+,15-/m0/s1. The van der Waals surface area contributed by atoms with Crippen LogP contribution in [0.5, 0.6) is 0 Å². The lowest BCUT2D eigenvalue weighted by Gasteiger charge is -2.44. The Morgan fingerprint density at radius 3 is 2.83 bits per heavy atom. The first-order chi connectivity index (χ1) is 8.30. The van der Waals surface area contributed by atoms with E-state index in [0.717, 1.165) is 24.0 Å².